The van der Waals surface area contributed by atoms with E-state index >= 15 is 0 Å². The third-order valence-corrected chi connectivity index (χ3v) is 5.04. The monoisotopic (exact) mass is 372 g/mol. The highest BCUT2D eigenvalue weighted by Crippen LogP contribution is 2.39. The van der Waals surface area contributed by atoms with Gasteiger partial charge >= 0.3 is 0 Å². The molecule has 6 nitrogen and oxygen atoms in total. The van der Waals surface area contributed by atoms with Gasteiger partial charge in [-0.05, 0) is 57.9 Å². The van der Waals surface area contributed by atoms with Crippen molar-refractivity contribution >= 4 is 40.3 Å². The van der Waals surface area contributed by atoms with Crippen molar-refractivity contribution in [2.75, 3.05) is 5.32 Å². The highest BCUT2D eigenvalue weighted by molar-refractivity contribution is 6.29. The third kappa shape index (κ3) is 3.15. The van der Waals surface area contributed by atoms with Crippen molar-refractivity contribution in [2.24, 2.45) is 0 Å². The minimum atomic E-state index is -0.457. The van der Waals surface area contributed by atoms with Crippen LogP contribution < -0.4 is 5.32 Å². The first-order valence-electron chi connectivity index (χ1n) is 8.69. The number of allylic oxidation sites excluding steroid dienone is 4. The summed E-state index contributed by atoms with van der Waals surface area (Å²) in [7, 11) is 0. The Hall–Kier alpha value is -2.18. The number of ether oxygens (including phenoxy) is 1. The van der Waals surface area contributed by atoms with Crippen molar-refractivity contribution in [3.05, 3.63) is 35.5 Å². The summed E-state index contributed by atoms with van der Waals surface area (Å²) in [6.07, 6.45) is 7.87. The van der Waals surface area contributed by atoms with Crippen LogP contribution in [-0.4, -0.2) is 31.6 Å². The van der Waals surface area contributed by atoms with Gasteiger partial charge in [0.1, 0.15) is 10.7 Å². The van der Waals surface area contributed by atoms with Crippen LogP contribution in [0.1, 0.15) is 40.0 Å². The van der Waals surface area contributed by atoms with Crippen LogP contribution in [0.4, 0.5) is 5.95 Å². The smallest absolute Gasteiger partial charge is 0.229 e. The first-order valence-corrected chi connectivity index (χ1v) is 9.06. The molecule has 0 aromatic carbocycles. The van der Waals surface area contributed by atoms with Gasteiger partial charge in [0, 0.05) is 0 Å². The quantitative estimate of drug-likeness (QED) is 0.818. The van der Waals surface area contributed by atoms with Gasteiger partial charge in [-0.3, -0.25) is 14.7 Å². The number of imidazole rings is 1. The van der Waals surface area contributed by atoms with Gasteiger partial charge in [-0.15, -0.1) is 0 Å². The predicted molar refractivity (Wildman–Crippen MR) is 102 cm³/mol. The first-order chi connectivity index (χ1) is 12.2. The van der Waals surface area contributed by atoms with Gasteiger partial charge in [0.2, 0.25) is 11.9 Å². The second-order valence-corrected chi connectivity index (χ2v) is 8.12. The summed E-state index contributed by atoms with van der Waals surface area (Å²) < 4.78 is 7.90. The van der Waals surface area contributed by atoms with Gasteiger partial charge in [0.05, 0.1) is 23.3 Å². The van der Waals surface area contributed by atoms with E-state index in [9.17, 15) is 4.79 Å². The molecule has 7 heteroatoms. The van der Waals surface area contributed by atoms with Crippen LogP contribution in [0.25, 0.3) is 16.9 Å². The first kappa shape index (κ1) is 17.2. The minimum Gasteiger partial charge on any atom is -0.369 e. The second-order valence-electron chi connectivity index (χ2n) is 7.73. The van der Waals surface area contributed by atoms with Gasteiger partial charge in [0.15, 0.2) is 5.65 Å². The lowest BCUT2D eigenvalue weighted by Crippen LogP contribution is -2.33. The van der Waals surface area contributed by atoms with Crippen LogP contribution in [-0.2, 0) is 9.53 Å². The fraction of sp³-hybridized carbons (Fsp3) is 0.421. The number of halogens is 1. The summed E-state index contributed by atoms with van der Waals surface area (Å²) >= 11 is 6.04. The van der Waals surface area contributed by atoms with E-state index in [4.69, 9.17) is 16.3 Å². The molecule has 1 N–H and O–H groups in total. The molecule has 1 atom stereocenters. The Morgan fingerprint density at radius 3 is 2.69 bits per heavy atom. The molecule has 1 amide bonds. The number of hydrogen-bond donors (Lipinski definition) is 1. The zero-order chi connectivity index (χ0) is 18.5. The number of pyridine rings is 1. The maximum Gasteiger partial charge on any atom is 0.229 e. The van der Waals surface area contributed by atoms with E-state index < -0.39 is 5.60 Å². The summed E-state index contributed by atoms with van der Waals surface area (Å²) in [4.78, 5) is 21.6. The molecule has 4 rings (SSSR count). The number of amides is 1. The number of aromatic nitrogens is 3. The molecule has 0 radical (unpaired) electrons. The molecular weight excluding hydrogens is 352 g/mol. The maximum absolute atomic E-state index is 12.7. The number of carbonyl (C=O) groups is 1. The number of fused-ring (bicyclic) bond motifs is 1. The predicted octanol–water partition coefficient (Wildman–Crippen LogP) is 4.17. The minimum absolute atomic E-state index is 0.128. The Morgan fingerprint density at radius 1 is 1.31 bits per heavy atom. The van der Waals surface area contributed by atoms with Crippen molar-refractivity contribution in [2.45, 2.75) is 51.2 Å². The standard InChI is InChI=1S/C19H21ClN4O2/c1-18(2)9-10-19(3,26-18)11-15(25)23-17-21-13-7-8-14(20)22-16(13)24(17)12-5-4-6-12/h4-8H,9-11H2,1-3H3,(H,21,23,25). The van der Waals surface area contributed by atoms with Crippen LogP contribution in [0.15, 0.2) is 30.4 Å². The fourth-order valence-electron chi connectivity index (χ4n) is 3.56. The maximum atomic E-state index is 12.7. The average Bonchev–Trinajstić information content (AvgIpc) is 2.95. The number of hydrogen-bond acceptors (Lipinski definition) is 4. The molecule has 3 heterocycles. The topological polar surface area (TPSA) is 69.0 Å². The van der Waals surface area contributed by atoms with E-state index in [0.717, 1.165) is 18.5 Å². The lowest BCUT2D eigenvalue weighted by molar-refractivity contribution is -0.126. The Morgan fingerprint density at radius 2 is 2.08 bits per heavy atom. The van der Waals surface area contributed by atoms with E-state index in [1.807, 2.05) is 25.2 Å². The molecule has 1 saturated heterocycles. The van der Waals surface area contributed by atoms with Gasteiger partial charge < -0.3 is 4.74 Å². The van der Waals surface area contributed by atoms with Crippen LogP contribution in [0.5, 0.6) is 0 Å². The summed E-state index contributed by atoms with van der Waals surface area (Å²) in [6.45, 7) is 6.10. The van der Waals surface area contributed by atoms with Crippen molar-refractivity contribution in [1.82, 2.24) is 14.5 Å². The van der Waals surface area contributed by atoms with E-state index in [0.29, 0.717) is 22.3 Å². The number of rotatable bonds is 4. The van der Waals surface area contributed by atoms with Gasteiger partial charge in [0.25, 0.3) is 0 Å². The Labute approximate surface area is 156 Å². The van der Waals surface area contributed by atoms with Gasteiger partial charge in [-0.25, -0.2) is 9.97 Å². The summed E-state index contributed by atoms with van der Waals surface area (Å²) in [6, 6.07) is 3.48. The van der Waals surface area contributed by atoms with E-state index in [2.05, 4.69) is 29.1 Å². The second kappa shape index (κ2) is 5.93. The van der Waals surface area contributed by atoms with E-state index in [1.165, 1.54) is 0 Å². The molecule has 136 valence electrons. The van der Waals surface area contributed by atoms with Crippen molar-refractivity contribution in [3.63, 3.8) is 0 Å². The molecule has 2 aliphatic rings. The molecule has 1 aliphatic heterocycles. The molecule has 0 saturated carbocycles. The van der Waals surface area contributed by atoms with Crippen LogP contribution in [0, 0.1) is 0 Å². The molecule has 1 fully saturated rings. The van der Waals surface area contributed by atoms with Crippen molar-refractivity contribution < 1.29 is 9.53 Å². The number of anilines is 1. The molecule has 1 unspecified atom stereocenters. The highest BCUT2D eigenvalue weighted by Gasteiger charge is 2.42. The molecular formula is C19H21ClN4O2. The molecule has 26 heavy (non-hydrogen) atoms. The molecule has 1 aliphatic carbocycles. The zero-order valence-electron chi connectivity index (χ0n) is 15.0. The summed E-state index contributed by atoms with van der Waals surface area (Å²) in [5, 5.41) is 3.31. The highest BCUT2D eigenvalue weighted by atomic mass is 35.5. The normalized spacial score (nSPS) is 23.8. The van der Waals surface area contributed by atoms with Crippen LogP contribution in [0.3, 0.4) is 0 Å². The lowest BCUT2D eigenvalue weighted by Gasteiger charge is -2.27. The molecule has 0 spiro atoms. The molecule has 2 aromatic heterocycles. The Balaban J connectivity index is 1.60. The third-order valence-electron chi connectivity index (χ3n) is 4.83. The van der Waals surface area contributed by atoms with Crippen LogP contribution >= 0.6 is 11.6 Å². The fourth-order valence-corrected chi connectivity index (χ4v) is 3.70. The van der Waals surface area contributed by atoms with E-state index in [-0.39, 0.29) is 17.9 Å². The summed E-state index contributed by atoms with van der Waals surface area (Å²) in [5.74, 6) is 0.313. The summed E-state index contributed by atoms with van der Waals surface area (Å²) in [5.41, 5.74) is 1.55. The molecule has 0 bridgehead atoms. The van der Waals surface area contributed by atoms with Gasteiger partial charge in [-0.1, -0.05) is 17.7 Å². The molecule has 2 aromatic rings. The van der Waals surface area contributed by atoms with Crippen molar-refractivity contribution in [3.8, 4) is 0 Å². The lowest BCUT2D eigenvalue weighted by atomic mass is 9.96. The number of carbonyl (C=O) groups excluding carboxylic acids is 1. The zero-order valence-corrected chi connectivity index (χ0v) is 15.8. The largest absolute Gasteiger partial charge is 0.369 e. The van der Waals surface area contributed by atoms with Crippen molar-refractivity contribution in [1.29, 1.82) is 0 Å². The van der Waals surface area contributed by atoms with Crippen LogP contribution in [0.2, 0.25) is 5.15 Å². The number of nitrogens with one attached hydrogen (secondary N) is 1. The Bertz CT molecular complexity index is 960. The average molecular weight is 373 g/mol. The van der Waals surface area contributed by atoms with E-state index in [1.54, 1.807) is 16.7 Å². The Kier molecular flexibility index (Phi) is 3.93. The number of nitrogens with zero attached hydrogens (tertiary/aromatic N) is 3. The van der Waals surface area contributed by atoms with Gasteiger partial charge in [-0.2, -0.15) is 0 Å². The SMILES string of the molecule is CC1(C)CCC(C)(CC(=O)Nc2nc3ccc(Cl)nc3n2C2=CC=C2)O1.